The van der Waals surface area contributed by atoms with Crippen LogP contribution in [0.4, 0.5) is 5.69 Å². The molecule has 1 saturated heterocycles. The van der Waals surface area contributed by atoms with Crippen molar-refractivity contribution >= 4 is 23.4 Å². The average molecular weight is 492 g/mol. The Morgan fingerprint density at radius 3 is 2.61 bits per heavy atom. The highest BCUT2D eigenvalue weighted by Gasteiger charge is 2.41. The van der Waals surface area contributed by atoms with Crippen LogP contribution in [0.3, 0.4) is 0 Å². The third-order valence-corrected chi connectivity index (χ3v) is 8.38. The fraction of sp³-hybridized carbons (Fsp3) is 0.643. The molecule has 5 rings (SSSR count). The molecule has 0 radical (unpaired) electrons. The smallest absolute Gasteiger partial charge is 0.255 e. The van der Waals surface area contributed by atoms with Gasteiger partial charge in [-0.2, -0.15) is 5.26 Å². The van der Waals surface area contributed by atoms with E-state index in [4.69, 9.17) is 5.26 Å². The summed E-state index contributed by atoms with van der Waals surface area (Å²) in [5, 5.41) is 14.8. The second-order valence-corrected chi connectivity index (χ2v) is 10.8. The summed E-state index contributed by atoms with van der Waals surface area (Å²) in [5.41, 5.74) is 2.86. The lowest BCUT2D eigenvalue weighted by molar-refractivity contribution is -0.136. The van der Waals surface area contributed by atoms with Crippen LogP contribution in [0, 0.1) is 17.2 Å². The normalized spacial score (nSPS) is 25.9. The quantitative estimate of drug-likeness (QED) is 0.384. The molecule has 36 heavy (non-hydrogen) atoms. The van der Waals surface area contributed by atoms with Gasteiger partial charge in [0.25, 0.3) is 5.91 Å². The molecule has 8 nitrogen and oxygen atoms in total. The number of nitriles is 1. The standard InChI is InChI=1S/C28H37N5O3/c29-15-1-2-16-30-20-8-10-21(11-9-20)32(17-14-19-6-7-19)24-5-3-4-22-23(24)18-33(28(22)36)25-12-13-26(34)31-27(25)35/h3-5,19-21,25,30H,1-2,6-14,16-18H2,(H,31,34,35). The maximum Gasteiger partial charge on any atom is 0.255 e. The number of piperidine rings is 1. The Labute approximate surface area is 213 Å². The van der Waals surface area contributed by atoms with E-state index in [1.165, 1.54) is 19.3 Å². The maximum absolute atomic E-state index is 13.4. The highest BCUT2D eigenvalue weighted by atomic mass is 16.2. The highest BCUT2D eigenvalue weighted by Crippen LogP contribution is 2.39. The molecule has 2 aliphatic carbocycles. The predicted octanol–water partition coefficient (Wildman–Crippen LogP) is 3.26. The molecule has 1 aromatic rings. The number of carbonyl (C=O) groups is 3. The molecule has 0 spiro atoms. The van der Waals surface area contributed by atoms with Gasteiger partial charge in [0.05, 0.1) is 6.07 Å². The SMILES string of the molecule is N#CCCCNC1CCC(N(CCC2CC2)c2cccc3c2CN(C2CCC(=O)NC2=O)C3=O)CC1. The Morgan fingerprint density at radius 2 is 1.89 bits per heavy atom. The second kappa shape index (κ2) is 11.0. The molecule has 3 amide bonds. The van der Waals surface area contributed by atoms with Gasteiger partial charge >= 0.3 is 0 Å². The fourth-order valence-corrected chi connectivity index (χ4v) is 6.13. The van der Waals surface area contributed by atoms with Gasteiger partial charge in [-0.05, 0) is 69.5 Å². The van der Waals surface area contributed by atoms with Crippen molar-refractivity contribution in [1.29, 1.82) is 5.26 Å². The van der Waals surface area contributed by atoms with Gasteiger partial charge in [0.2, 0.25) is 11.8 Å². The molecule has 4 aliphatic rings. The van der Waals surface area contributed by atoms with E-state index in [2.05, 4.69) is 27.7 Å². The lowest BCUT2D eigenvalue weighted by Gasteiger charge is -2.40. The van der Waals surface area contributed by atoms with E-state index in [1.54, 1.807) is 4.90 Å². The van der Waals surface area contributed by atoms with Crippen LogP contribution >= 0.6 is 0 Å². The van der Waals surface area contributed by atoms with Gasteiger partial charge in [-0.1, -0.05) is 18.9 Å². The third-order valence-electron chi connectivity index (χ3n) is 8.38. The largest absolute Gasteiger partial charge is 0.368 e. The second-order valence-electron chi connectivity index (χ2n) is 10.8. The van der Waals surface area contributed by atoms with Crippen LogP contribution in [0.15, 0.2) is 18.2 Å². The molecule has 0 aromatic heterocycles. The Balaban J connectivity index is 1.31. The summed E-state index contributed by atoms with van der Waals surface area (Å²) in [6, 6.07) is 8.59. The zero-order chi connectivity index (χ0) is 25.1. The number of rotatable bonds is 10. The van der Waals surface area contributed by atoms with Crippen LogP contribution in [0.2, 0.25) is 0 Å². The Hall–Kier alpha value is -2.92. The molecular weight excluding hydrogens is 454 g/mol. The van der Waals surface area contributed by atoms with Crippen molar-refractivity contribution in [3.8, 4) is 6.07 Å². The molecule has 8 heteroatoms. The van der Waals surface area contributed by atoms with Crippen molar-refractivity contribution in [2.24, 2.45) is 5.92 Å². The van der Waals surface area contributed by atoms with Crippen molar-refractivity contribution in [1.82, 2.24) is 15.5 Å². The summed E-state index contributed by atoms with van der Waals surface area (Å²) in [5.74, 6) is 0.0976. The van der Waals surface area contributed by atoms with Crippen molar-refractivity contribution in [3.05, 3.63) is 29.3 Å². The zero-order valence-corrected chi connectivity index (χ0v) is 21.0. The first-order valence-corrected chi connectivity index (χ1v) is 13.7. The van der Waals surface area contributed by atoms with Gasteiger partial charge in [0, 0.05) is 54.8 Å². The van der Waals surface area contributed by atoms with Gasteiger partial charge in [-0.15, -0.1) is 0 Å². The first-order chi connectivity index (χ1) is 17.5. The van der Waals surface area contributed by atoms with E-state index in [0.717, 1.165) is 62.4 Å². The molecule has 1 unspecified atom stereocenters. The van der Waals surface area contributed by atoms with Gasteiger partial charge in [0.1, 0.15) is 6.04 Å². The summed E-state index contributed by atoms with van der Waals surface area (Å²) < 4.78 is 0. The summed E-state index contributed by atoms with van der Waals surface area (Å²) >= 11 is 0. The number of carbonyl (C=O) groups excluding carboxylic acids is 3. The van der Waals surface area contributed by atoms with Crippen LogP contribution in [-0.2, 0) is 16.1 Å². The van der Waals surface area contributed by atoms with Gasteiger partial charge in [-0.3, -0.25) is 19.7 Å². The summed E-state index contributed by atoms with van der Waals surface area (Å²) in [7, 11) is 0. The van der Waals surface area contributed by atoms with Crippen molar-refractivity contribution < 1.29 is 14.4 Å². The van der Waals surface area contributed by atoms with E-state index in [9.17, 15) is 14.4 Å². The molecule has 2 heterocycles. The Kier molecular flexibility index (Phi) is 7.56. The lowest BCUT2D eigenvalue weighted by atomic mass is 9.89. The van der Waals surface area contributed by atoms with Gasteiger partial charge in [0.15, 0.2) is 0 Å². The number of unbranched alkanes of at least 4 members (excludes halogenated alkanes) is 1. The zero-order valence-electron chi connectivity index (χ0n) is 21.0. The Morgan fingerprint density at radius 1 is 1.08 bits per heavy atom. The minimum atomic E-state index is -0.585. The predicted molar refractivity (Wildman–Crippen MR) is 136 cm³/mol. The number of hydrogen-bond donors (Lipinski definition) is 2. The van der Waals surface area contributed by atoms with E-state index in [1.807, 2.05) is 12.1 Å². The van der Waals surface area contributed by atoms with Gasteiger partial charge < -0.3 is 15.1 Å². The fourth-order valence-electron chi connectivity index (χ4n) is 6.13. The first kappa shape index (κ1) is 24.8. The maximum atomic E-state index is 13.4. The molecule has 2 aliphatic heterocycles. The van der Waals surface area contributed by atoms with Crippen molar-refractivity contribution in [3.63, 3.8) is 0 Å². The lowest BCUT2D eigenvalue weighted by Crippen LogP contribution is -2.52. The topological polar surface area (TPSA) is 106 Å². The first-order valence-electron chi connectivity index (χ1n) is 13.7. The number of hydrogen-bond acceptors (Lipinski definition) is 6. The van der Waals surface area contributed by atoms with E-state index in [0.29, 0.717) is 37.0 Å². The van der Waals surface area contributed by atoms with Crippen LogP contribution in [0.1, 0.15) is 86.6 Å². The molecule has 1 aromatic carbocycles. The third kappa shape index (κ3) is 5.41. The number of nitrogens with one attached hydrogen (secondary N) is 2. The number of nitrogens with zero attached hydrogens (tertiary/aromatic N) is 3. The van der Waals surface area contributed by atoms with Crippen LogP contribution < -0.4 is 15.5 Å². The average Bonchev–Trinajstić information content (AvgIpc) is 3.65. The van der Waals surface area contributed by atoms with Crippen LogP contribution in [0.25, 0.3) is 0 Å². The Bertz CT molecular complexity index is 1040. The monoisotopic (exact) mass is 491 g/mol. The van der Waals surface area contributed by atoms with E-state index < -0.39 is 6.04 Å². The van der Waals surface area contributed by atoms with Crippen LogP contribution in [-0.4, -0.2) is 53.8 Å². The molecule has 0 bridgehead atoms. The summed E-state index contributed by atoms with van der Waals surface area (Å²) in [6.45, 7) is 2.32. The molecule has 2 saturated carbocycles. The van der Waals surface area contributed by atoms with E-state index in [-0.39, 0.29) is 24.1 Å². The summed E-state index contributed by atoms with van der Waals surface area (Å²) in [4.78, 5) is 41.7. The van der Waals surface area contributed by atoms with Crippen molar-refractivity contribution in [2.45, 2.75) is 95.3 Å². The summed E-state index contributed by atoms with van der Waals surface area (Å²) in [6.07, 6.45) is 10.4. The number of imide groups is 1. The number of fused-ring (bicyclic) bond motifs is 1. The van der Waals surface area contributed by atoms with Gasteiger partial charge in [-0.25, -0.2) is 0 Å². The number of benzene rings is 1. The molecule has 2 N–H and O–H groups in total. The van der Waals surface area contributed by atoms with E-state index >= 15 is 0 Å². The molecule has 3 fully saturated rings. The number of amides is 3. The highest BCUT2D eigenvalue weighted by molar-refractivity contribution is 6.06. The molecule has 192 valence electrons. The minimum absolute atomic E-state index is 0.103. The molecular formula is C28H37N5O3. The minimum Gasteiger partial charge on any atom is -0.368 e. The molecule has 1 atom stereocenters. The van der Waals surface area contributed by atoms with Crippen molar-refractivity contribution in [2.75, 3.05) is 18.0 Å². The van der Waals surface area contributed by atoms with Crippen LogP contribution in [0.5, 0.6) is 0 Å². The number of anilines is 1.